The van der Waals surface area contributed by atoms with Crippen LogP contribution in [0.25, 0.3) is 4.96 Å². The number of carbonyl (C=O) groups is 2. The summed E-state index contributed by atoms with van der Waals surface area (Å²) >= 11 is 1.52. The first kappa shape index (κ1) is 13.5. The van der Waals surface area contributed by atoms with Crippen molar-refractivity contribution in [2.45, 2.75) is 13.3 Å². The zero-order valence-corrected chi connectivity index (χ0v) is 11.6. The van der Waals surface area contributed by atoms with Crippen LogP contribution in [0.4, 0.5) is 0 Å². The van der Waals surface area contributed by atoms with Crippen LogP contribution in [-0.2, 0) is 20.7 Å². The smallest absolute Gasteiger partial charge is 0.325 e. The maximum absolute atomic E-state index is 12.1. The van der Waals surface area contributed by atoms with Crippen molar-refractivity contribution in [3.05, 3.63) is 23.5 Å². The largest absolute Gasteiger partial charge is 0.468 e. The van der Waals surface area contributed by atoms with E-state index in [-0.39, 0.29) is 18.9 Å². The minimum Gasteiger partial charge on any atom is -0.468 e. The van der Waals surface area contributed by atoms with Crippen LogP contribution in [0, 0.1) is 0 Å². The minimum atomic E-state index is -0.416. The highest BCUT2D eigenvalue weighted by Gasteiger charge is 2.17. The lowest BCUT2D eigenvalue weighted by Gasteiger charge is -2.18. The lowest BCUT2D eigenvalue weighted by molar-refractivity contribution is -0.146. The number of fused-ring (bicyclic) bond motifs is 1. The van der Waals surface area contributed by atoms with Gasteiger partial charge >= 0.3 is 5.97 Å². The van der Waals surface area contributed by atoms with E-state index in [4.69, 9.17) is 0 Å². The van der Waals surface area contributed by atoms with E-state index in [0.717, 1.165) is 4.96 Å². The van der Waals surface area contributed by atoms with E-state index in [0.29, 0.717) is 12.2 Å². The third kappa shape index (κ3) is 3.11. The fourth-order valence-electron chi connectivity index (χ4n) is 1.72. The summed E-state index contributed by atoms with van der Waals surface area (Å²) in [6.45, 7) is 2.27. The second kappa shape index (κ2) is 5.83. The van der Waals surface area contributed by atoms with Crippen molar-refractivity contribution in [2.75, 3.05) is 20.2 Å². The Balaban J connectivity index is 2.02. The topological polar surface area (TPSA) is 63.9 Å². The second-order valence-corrected chi connectivity index (χ2v) is 4.86. The summed E-state index contributed by atoms with van der Waals surface area (Å²) in [5.74, 6) is -0.542. The maximum atomic E-state index is 12.1. The molecular formula is C12H15N3O3S. The van der Waals surface area contributed by atoms with Crippen LogP contribution in [0.15, 0.2) is 17.8 Å². The lowest BCUT2D eigenvalue weighted by atomic mass is 10.3. The van der Waals surface area contributed by atoms with Gasteiger partial charge in [0.05, 0.1) is 19.2 Å². The van der Waals surface area contributed by atoms with E-state index in [2.05, 4.69) is 9.72 Å². The Bertz CT molecular complexity index is 561. The summed E-state index contributed by atoms with van der Waals surface area (Å²) in [7, 11) is 1.31. The molecule has 0 N–H and O–H groups in total. The highest BCUT2D eigenvalue weighted by molar-refractivity contribution is 7.15. The van der Waals surface area contributed by atoms with Gasteiger partial charge in [-0.2, -0.15) is 0 Å². The van der Waals surface area contributed by atoms with Crippen molar-refractivity contribution in [3.8, 4) is 0 Å². The summed E-state index contributed by atoms with van der Waals surface area (Å²) in [5, 5.41) is 1.93. The summed E-state index contributed by atoms with van der Waals surface area (Å²) in [4.78, 5) is 29.9. The van der Waals surface area contributed by atoms with Crippen LogP contribution in [0.2, 0.25) is 0 Å². The molecule has 0 aromatic carbocycles. The first-order valence-electron chi connectivity index (χ1n) is 5.89. The van der Waals surface area contributed by atoms with E-state index in [1.54, 1.807) is 0 Å². The number of carbonyl (C=O) groups excluding carboxylic acids is 2. The number of imidazole rings is 1. The van der Waals surface area contributed by atoms with Crippen LogP contribution in [0.3, 0.4) is 0 Å². The molecule has 2 heterocycles. The van der Waals surface area contributed by atoms with E-state index in [1.165, 1.54) is 23.3 Å². The van der Waals surface area contributed by atoms with Crippen molar-refractivity contribution in [1.29, 1.82) is 0 Å². The molecular weight excluding hydrogens is 266 g/mol. The standard InChI is InChI=1S/C12H15N3O3S/c1-3-14(8-11(17)18-2)10(16)6-9-7-15-4-5-19-12(15)13-9/h4-5,7H,3,6,8H2,1-2H3. The number of hydrogen-bond donors (Lipinski definition) is 0. The Morgan fingerprint density at radius 3 is 2.95 bits per heavy atom. The zero-order valence-electron chi connectivity index (χ0n) is 10.8. The van der Waals surface area contributed by atoms with Gasteiger partial charge < -0.3 is 9.64 Å². The van der Waals surface area contributed by atoms with Gasteiger partial charge in [0.1, 0.15) is 6.54 Å². The molecule has 6 nitrogen and oxygen atoms in total. The summed E-state index contributed by atoms with van der Waals surface area (Å²) < 4.78 is 6.45. The van der Waals surface area contributed by atoms with Crippen LogP contribution in [0.5, 0.6) is 0 Å². The number of esters is 1. The third-order valence-corrected chi connectivity index (χ3v) is 3.53. The molecule has 1 amide bonds. The normalized spacial score (nSPS) is 10.6. The molecule has 2 aromatic heterocycles. The molecule has 102 valence electrons. The molecule has 0 atom stereocenters. The fraction of sp³-hybridized carbons (Fsp3) is 0.417. The summed E-state index contributed by atoms with van der Waals surface area (Å²) in [6.07, 6.45) is 3.92. The number of ether oxygens (including phenoxy) is 1. The predicted octanol–water partition coefficient (Wildman–Crippen LogP) is 0.960. The number of hydrogen-bond acceptors (Lipinski definition) is 5. The van der Waals surface area contributed by atoms with E-state index < -0.39 is 5.97 Å². The molecule has 0 spiro atoms. The van der Waals surface area contributed by atoms with Crippen molar-refractivity contribution in [3.63, 3.8) is 0 Å². The van der Waals surface area contributed by atoms with Gasteiger partial charge in [-0.15, -0.1) is 11.3 Å². The SMILES string of the molecule is CCN(CC(=O)OC)C(=O)Cc1cn2ccsc2n1. The molecule has 0 saturated carbocycles. The van der Waals surface area contributed by atoms with Crippen LogP contribution >= 0.6 is 11.3 Å². The number of likely N-dealkylation sites (N-methyl/N-ethyl adjacent to an activating group) is 1. The molecule has 7 heteroatoms. The molecule has 19 heavy (non-hydrogen) atoms. The number of rotatable bonds is 5. The molecule has 0 saturated heterocycles. The molecule has 0 aliphatic rings. The van der Waals surface area contributed by atoms with Gasteiger partial charge in [0, 0.05) is 24.3 Å². The van der Waals surface area contributed by atoms with Gasteiger partial charge in [0.25, 0.3) is 0 Å². The molecule has 2 aromatic rings. The van der Waals surface area contributed by atoms with Crippen LogP contribution < -0.4 is 0 Å². The van der Waals surface area contributed by atoms with Crippen LogP contribution in [-0.4, -0.2) is 46.4 Å². The molecule has 0 aliphatic heterocycles. The number of aromatic nitrogens is 2. The van der Waals surface area contributed by atoms with E-state index >= 15 is 0 Å². The van der Waals surface area contributed by atoms with Crippen molar-refractivity contribution in [1.82, 2.24) is 14.3 Å². The highest BCUT2D eigenvalue weighted by Crippen LogP contribution is 2.12. The first-order chi connectivity index (χ1) is 9.13. The fourth-order valence-corrected chi connectivity index (χ4v) is 2.44. The van der Waals surface area contributed by atoms with E-state index in [1.807, 2.05) is 29.1 Å². The molecule has 2 rings (SSSR count). The van der Waals surface area contributed by atoms with Gasteiger partial charge in [0.2, 0.25) is 5.91 Å². The summed E-state index contributed by atoms with van der Waals surface area (Å²) in [6, 6.07) is 0. The van der Waals surface area contributed by atoms with E-state index in [9.17, 15) is 9.59 Å². The Kier molecular flexibility index (Phi) is 4.16. The number of methoxy groups -OCH3 is 1. The third-order valence-electron chi connectivity index (χ3n) is 2.76. The van der Waals surface area contributed by atoms with Gasteiger partial charge in [-0.1, -0.05) is 0 Å². The Labute approximate surface area is 114 Å². The van der Waals surface area contributed by atoms with Gasteiger partial charge in [-0.3, -0.25) is 14.0 Å². The minimum absolute atomic E-state index is 0.0198. The monoisotopic (exact) mass is 281 g/mol. The Hall–Kier alpha value is -1.89. The Morgan fingerprint density at radius 2 is 2.32 bits per heavy atom. The van der Waals surface area contributed by atoms with Crippen molar-refractivity contribution < 1.29 is 14.3 Å². The molecule has 0 unspecified atom stereocenters. The molecule has 0 fully saturated rings. The average Bonchev–Trinajstić information content (AvgIpc) is 2.96. The molecule has 0 aliphatic carbocycles. The number of nitrogens with zero attached hydrogens (tertiary/aromatic N) is 3. The Morgan fingerprint density at radius 1 is 1.53 bits per heavy atom. The highest BCUT2D eigenvalue weighted by atomic mass is 32.1. The second-order valence-electron chi connectivity index (χ2n) is 3.99. The van der Waals surface area contributed by atoms with Gasteiger partial charge in [-0.05, 0) is 6.92 Å². The van der Waals surface area contributed by atoms with Crippen molar-refractivity contribution in [2.24, 2.45) is 0 Å². The van der Waals surface area contributed by atoms with Crippen LogP contribution in [0.1, 0.15) is 12.6 Å². The molecule has 0 radical (unpaired) electrons. The van der Waals surface area contributed by atoms with Gasteiger partial charge in [0.15, 0.2) is 4.96 Å². The average molecular weight is 281 g/mol. The zero-order chi connectivity index (χ0) is 13.8. The quantitative estimate of drug-likeness (QED) is 0.766. The van der Waals surface area contributed by atoms with Crippen molar-refractivity contribution >= 4 is 28.2 Å². The predicted molar refractivity (Wildman–Crippen MR) is 71.0 cm³/mol. The number of amides is 1. The van der Waals surface area contributed by atoms with Gasteiger partial charge in [-0.25, -0.2) is 4.98 Å². The summed E-state index contributed by atoms with van der Waals surface area (Å²) in [5.41, 5.74) is 0.708. The first-order valence-corrected chi connectivity index (χ1v) is 6.77. The number of thiazole rings is 1. The lowest BCUT2D eigenvalue weighted by Crippen LogP contribution is -2.37. The maximum Gasteiger partial charge on any atom is 0.325 e. The molecule has 0 bridgehead atoms.